The van der Waals surface area contributed by atoms with Crippen molar-refractivity contribution < 1.29 is 13.2 Å². The Morgan fingerprint density at radius 2 is 1.95 bits per heavy atom. The minimum absolute atomic E-state index is 0.208. The van der Waals surface area contributed by atoms with E-state index >= 15 is 0 Å². The lowest BCUT2D eigenvalue weighted by Crippen LogP contribution is -2.19. The molecule has 5 heteroatoms. The molecule has 0 spiro atoms. The van der Waals surface area contributed by atoms with Gasteiger partial charge in [-0.1, -0.05) is 26.7 Å². The normalized spacial score (nSPS) is 13.4. The second-order valence-electron chi connectivity index (χ2n) is 4.58. The third-order valence-corrected chi connectivity index (χ3v) is 3.74. The van der Waals surface area contributed by atoms with Gasteiger partial charge in [0, 0.05) is 16.2 Å². The molecule has 0 aliphatic heterocycles. The molecule has 1 aromatic carbocycles. The van der Waals surface area contributed by atoms with Crippen LogP contribution in [0.4, 0.5) is 18.9 Å². The molecule has 1 N–H and O–H groups in total. The highest BCUT2D eigenvalue weighted by Crippen LogP contribution is 2.34. The lowest BCUT2D eigenvalue weighted by Gasteiger charge is -2.20. The summed E-state index contributed by atoms with van der Waals surface area (Å²) in [4.78, 5) is 0. The predicted molar refractivity (Wildman–Crippen MR) is 76.4 cm³/mol. The van der Waals surface area contributed by atoms with Crippen molar-refractivity contribution in [1.82, 2.24) is 0 Å². The first kappa shape index (κ1) is 16.3. The van der Waals surface area contributed by atoms with Gasteiger partial charge in [-0.25, -0.2) is 0 Å². The van der Waals surface area contributed by atoms with Gasteiger partial charge < -0.3 is 5.32 Å². The number of hydrogen-bond donors (Lipinski definition) is 1. The van der Waals surface area contributed by atoms with E-state index in [-0.39, 0.29) is 6.04 Å². The number of halogens is 4. The van der Waals surface area contributed by atoms with Crippen molar-refractivity contribution in [2.45, 2.75) is 51.7 Å². The second-order valence-corrected chi connectivity index (χ2v) is 5.44. The van der Waals surface area contributed by atoms with Crippen LogP contribution in [0, 0.1) is 0 Å². The molecule has 0 aliphatic rings. The Hall–Kier alpha value is -0.710. The molecule has 0 amide bonds. The molecule has 0 saturated heterocycles. The van der Waals surface area contributed by atoms with Gasteiger partial charge in [-0.2, -0.15) is 13.2 Å². The molecular formula is C14H19BrF3N. The van der Waals surface area contributed by atoms with Gasteiger partial charge >= 0.3 is 6.18 Å². The molecule has 0 fully saturated rings. The van der Waals surface area contributed by atoms with Crippen molar-refractivity contribution in [3.05, 3.63) is 28.2 Å². The van der Waals surface area contributed by atoms with Crippen molar-refractivity contribution in [2.75, 3.05) is 5.32 Å². The predicted octanol–water partition coefficient (Wildman–Crippen LogP) is 5.85. The minimum atomic E-state index is -4.30. The molecule has 1 rings (SSSR count). The van der Waals surface area contributed by atoms with E-state index in [1.807, 2.05) is 6.92 Å². The van der Waals surface area contributed by atoms with E-state index in [4.69, 9.17) is 0 Å². The van der Waals surface area contributed by atoms with Crippen LogP contribution in [0.25, 0.3) is 0 Å². The summed E-state index contributed by atoms with van der Waals surface area (Å²) in [7, 11) is 0. The number of alkyl halides is 3. The van der Waals surface area contributed by atoms with E-state index in [9.17, 15) is 13.2 Å². The minimum Gasteiger partial charge on any atom is -0.381 e. The van der Waals surface area contributed by atoms with Gasteiger partial charge in [-0.3, -0.25) is 0 Å². The molecule has 0 aliphatic carbocycles. The van der Waals surface area contributed by atoms with Crippen LogP contribution in [-0.4, -0.2) is 6.04 Å². The molecule has 1 aromatic rings. The van der Waals surface area contributed by atoms with E-state index in [1.165, 1.54) is 12.1 Å². The van der Waals surface area contributed by atoms with Crippen molar-refractivity contribution in [3.63, 3.8) is 0 Å². The van der Waals surface area contributed by atoms with Crippen molar-refractivity contribution >= 4 is 21.6 Å². The van der Waals surface area contributed by atoms with E-state index in [0.717, 1.165) is 31.7 Å². The van der Waals surface area contributed by atoms with Crippen LogP contribution in [0.5, 0.6) is 0 Å². The van der Waals surface area contributed by atoms with E-state index in [2.05, 4.69) is 28.2 Å². The number of nitrogens with one attached hydrogen (secondary N) is 1. The average molecular weight is 338 g/mol. The van der Waals surface area contributed by atoms with Crippen molar-refractivity contribution in [1.29, 1.82) is 0 Å². The van der Waals surface area contributed by atoms with Gasteiger partial charge in [-0.05, 0) is 47.0 Å². The lowest BCUT2D eigenvalue weighted by atomic mass is 10.1. The second kappa shape index (κ2) is 7.17. The molecule has 1 atom stereocenters. The first-order valence-electron chi connectivity index (χ1n) is 6.51. The molecule has 0 radical (unpaired) electrons. The maximum atomic E-state index is 12.7. The Kier molecular flexibility index (Phi) is 6.17. The third kappa shape index (κ3) is 5.05. The monoisotopic (exact) mass is 337 g/mol. The van der Waals surface area contributed by atoms with Crippen LogP contribution >= 0.6 is 15.9 Å². The Morgan fingerprint density at radius 3 is 2.47 bits per heavy atom. The smallest absolute Gasteiger partial charge is 0.381 e. The molecule has 1 nitrogen and oxygen atoms in total. The zero-order valence-corrected chi connectivity index (χ0v) is 12.7. The van der Waals surface area contributed by atoms with Crippen molar-refractivity contribution in [3.8, 4) is 0 Å². The summed E-state index contributed by atoms with van der Waals surface area (Å²) in [6.45, 7) is 4.14. The fourth-order valence-electron chi connectivity index (χ4n) is 1.86. The number of unbranched alkanes of at least 4 members (excludes halogenated alkanes) is 1. The summed E-state index contributed by atoms with van der Waals surface area (Å²) < 4.78 is 38.7. The van der Waals surface area contributed by atoms with Gasteiger partial charge in [0.2, 0.25) is 0 Å². The summed E-state index contributed by atoms with van der Waals surface area (Å²) in [5.74, 6) is 0. The summed E-state index contributed by atoms with van der Waals surface area (Å²) in [5, 5.41) is 3.20. The summed E-state index contributed by atoms with van der Waals surface area (Å²) >= 11 is 3.29. The molecule has 0 heterocycles. The molecule has 0 aromatic heterocycles. The highest BCUT2D eigenvalue weighted by Gasteiger charge is 2.31. The van der Waals surface area contributed by atoms with Crippen LogP contribution < -0.4 is 5.32 Å². The molecule has 19 heavy (non-hydrogen) atoms. The Bertz CT molecular complexity index is 404. The molecule has 108 valence electrons. The highest BCUT2D eigenvalue weighted by atomic mass is 79.9. The quantitative estimate of drug-likeness (QED) is 0.686. The summed E-state index contributed by atoms with van der Waals surface area (Å²) in [6.07, 6.45) is -0.287. The zero-order valence-electron chi connectivity index (χ0n) is 11.1. The van der Waals surface area contributed by atoms with Crippen LogP contribution in [0.15, 0.2) is 22.7 Å². The number of benzene rings is 1. The first-order chi connectivity index (χ1) is 8.88. The van der Waals surface area contributed by atoms with Gasteiger partial charge in [-0.15, -0.1) is 0 Å². The summed E-state index contributed by atoms with van der Waals surface area (Å²) in [6, 6.07) is 3.90. The standard InChI is InChI=1S/C14H19BrF3N/c1-3-5-6-11(4-2)19-13-9-10(14(16,17)18)7-8-12(13)15/h7-9,11,19H,3-6H2,1-2H3. The summed E-state index contributed by atoms with van der Waals surface area (Å²) in [5.41, 5.74) is -0.110. The van der Waals surface area contributed by atoms with Gasteiger partial charge in [0.15, 0.2) is 0 Å². The topological polar surface area (TPSA) is 12.0 Å². The SMILES string of the molecule is CCCCC(CC)Nc1cc(C(F)(F)F)ccc1Br. The van der Waals surface area contributed by atoms with Gasteiger partial charge in [0.25, 0.3) is 0 Å². The average Bonchev–Trinajstić information content (AvgIpc) is 2.35. The van der Waals surface area contributed by atoms with Crippen LogP contribution in [-0.2, 0) is 6.18 Å². The largest absolute Gasteiger partial charge is 0.416 e. The van der Waals surface area contributed by atoms with E-state index < -0.39 is 11.7 Å². The first-order valence-corrected chi connectivity index (χ1v) is 7.31. The fraction of sp³-hybridized carbons (Fsp3) is 0.571. The zero-order chi connectivity index (χ0) is 14.5. The Morgan fingerprint density at radius 1 is 1.26 bits per heavy atom. The lowest BCUT2D eigenvalue weighted by molar-refractivity contribution is -0.137. The molecule has 0 bridgehead atoms. The fourth-order valence-corrected chi connectivity index (χ4v) is 2.22. The van der Waals surface area contributed by atoms with E-state index in [1.54, 1.807) is 0 Å². The Labute approximate surface area is 120 Å². The number of anilines is 1. The molecular weight excluding hydrogens is 319 g/mol. The van der Waals surface area contributed by atoms with Crippen LogP contribution in [0.3, 0.4) is 0 Å². The number of rotatable bonds is 6. The molecule has 1 unspecified atom stereocenters. The molecule has 0 saturated carbocycles. The third-order valence-electron chi connectivity index (χ3n) is 3.05. The van der Waals surface area contributed by atoms with Gasteiger partial charge in [0.1, 0.15) is 0 Å². The Balaban J connectivity index is 2.86. The van der Waals surface area contributed by atoms with Crippen LogP contribution in [0.1, 0.15) is 45.1 Å². The van der Waals surface area contributed by atoms with Crippen molar-refractivity contribution in [2.24, 2.45) is 0 Å². The van der Waals surface area contributed by atoms with Gasteiger partial charge in [0.05, 0.1) is 5.56 Å². The maximum absolute atomic E-state index is 12.7. The number of hydrogen-bond acceptors (Lipinski definition) is 1. The maximum Gasteiger partial charge on any atom is 0.416 e. The highest BCUT2D eigenvalue weighted by molar-refractivity contribution is 9.10. The van der Waals surface area contributed by atoms with E-state index in [0.29, 0.717) is 10.2 Å². The van der Waals surface area contributed by atoms with Crippen LogP contribution in [0.2, 0.25) is 0 Å².